The molecule has 1 amide bonds. The molecule has 32 heavy (non-hydrogen) atoms. The van der Waals surface area contributed by atoms with Gasteiger partial charge in [-0.1, -0.05) is 30.3 Å². The van der Waals surface area contributed by atoms with Crippen LogP contribution in [0.3, 0.4) is 0 Å². The van der Waals surface area contributed by atoms with Gasteiger partial charge in [0.1, 0.15) is 5.60 Å². The number of nitrogens with zero attached hydrogens (tertiary/aromatic N) is 2. The Morgan fingerprint density at radius 3 is 2.34 bits per heavy atom. The van der Waals surface area contributed by atoms with Gasteiger partial charge >= 0.3 is 12.1 Å². The predicted octanol–water partition coefficient (Wildman–Crippen LogP) is 4.01. The van der Waals surface area contributed by atoms with Gasteiger partial charge in [0.2, 0.25) is 0 Å². The molecular formula is C25H33N3O4. The zero-order chi connectivity index (χ0) is 23.1. The highest BCUT2D eigenvalue weighted by molar-refractivity contribution is 5.89. The van der Waals surface area contributed by atoms with Gasteiger partial charge in [-0.25, -0.2) is 9.59 Å². The average molecular weight is 440 g/mol. The van der Waals surface area contributed by atoms with Gasteiger partial charge in [-0.15, -0.1) is 0 Å². The topological polar surface area (TPSA) is 71.1 Å². The summed E-state index contributed by atoms with van der Waals surface area (Å²) in [7, 11) is 1.37. The third-order valence-electron chi connectivity index (χ3n) is 5.33. The minimum atomic E-state index is -0.520. The van der Waals surface area contributed by atoms with E-state index in [-0.39, 0.29) is 18.1 Å². The monoisotopic (exact) mass is 439 g/mol. The maximum Gasteiger partial charge on any atom is 0.410 e. The molecule has 1 atom stereocenters. The maximum atomic E-state index is 12.6. The van der Waals surface area contributed by atoms with Crippen LogP contribution in [0.15, 0.2) is 54.6 Å². The molecule has 0 aliphatic carbocycles. The van der Waals surface area contributed by atoms with Gasteiger partial charge in [0, 0.05) is 44.5 Å². The van der Waals surface area contributed by atoms with E-state index in [0.29, 0.717) is 25.2 Å². The lowest BCUT2D eigenvalue weighted by Gasteiger charge is -2.42. The number of esters is 1. The molecule has 3 rings (SSSR count). The van der Waals surface area contributed by atoms with Gasteiger partial charge in [0.05, 0.1) is 12.7 Å². The zero-order valence-electron chi connectivity index (χ0n) is 19.3. The molecule has 1 unspecified atom stereocenters. The lowest BCUT2D eigenvalue weighted by molar-refractivity contribution is 0.00398. The van der Waals surface area contributed by atoms with Crippen LogP contribution in [-0.4, -0.2) is 66.8 Å². The van der Waals surface area contributed by atoms with Crippen molar-refractivity contribution < 1.29 is 19.1 Å². The summed E-state index contributed by atoms with van der Waals surface area (Å²) < 4.78 is 10.3. The number of carbonyl (C=O) groups excluding carboxylic acids is 2. The van der Waals surface area contributed by atoms with Gasteiger partial charge in [-0.05, 0) is 50.6 Å². The Morgan fingerprint density at radius 2 is 1.72 bits per heavy atom. The quantitative estimate of drug-likeness (QED) is 0.686. The van der Waals surface area contributed by atoms with Gasteiger partial charge in [-0.2, -0.15) is 0 Å². The van der Waals surface area contributed by atoms with Crippen molar-refractivity contribution in [1.29, 1.82) is 0 Å². The highest BCUT2D eigenvalue weighted by Gasteiger charge is 2.32. The number of hydrogen-bond donors (Lipinski definition) is 1. The molecule has 0 bridgehead atoms. The molecule has 172 valence electrons. The van der Waals surface area contributed by atoms with Crippen molar-refractivity contribution in [3.05, 3.63) is 65.7 Å². The van der Waals surface area contributed by atoms with Gasteiger partial charge in [-0.3, -0.25) is 4.90 Å². The molecule has 1 N–H and O–H groups in total. The summed E-state index contributed by atoms with van der Waals surface area (Å²) in [6, 6.07) is 17.7. The fraction of sp³-hybridized carbons (Fsp3) is 0.440. The maximum absolute atomic E-state index is 12.6. The molecule has 7 heteroatoms. The van der Waals surface area contributed by atoms with E-state index in [4.69, 9.17) is 9.47 Å². The average Bonchev–Trinajstić information content (AvgIpc) is 2.77. The van der Waals surface area contributed by atoms with E-state index in [0.717, 1.165) is 18.8 Å². The predicted molar refractivity (Wildman–Crippen MR) is 125 cm³/mol. The van der Waals surface area contributed by atoms with Crippen LogP contribution in [0.4, 0.5) is 10.5 Å². The van der Waals surface area contributed by atoms with Crippen molar-refractivity contribution in [3.63, 3.8) is 0 Å². The van der Waals surface area contributed by atoms with Gasteiger partial charge in [0.15, 0.2) is 0 Å². The van der Waals surface area contributed by atoms with Crippen LogP contribution >= 0.6 is 0 Å². The largest absolute Gasteiger partial charge is 0.465 e. The summed E-state index contributed by atoms with van der Waals surface area (Å²) in [5, 5.41) is 3.45. The van der Waals surface area contributed by atoms with E-state index in [1.54, 1.807) is 17.0 Å². The van der Waals surface area contributed by atoms with E-state index in [2.05, 4.69) is 22.3 Å². The molecule has 1 aliphatic heterocycles. The van der Waals surface area contributed by atoms with Crippen molar-refractivity contribution in [1.82, 2.24) is 9.80 Å². The van der Waals surface area contributed by atoms with Crippen molar-refractivity contribution in [2.75, 3.05) is 38.6 Å². The minimum absolute atomic E-state index is 0.108. The van der Waals surface area contributed by atoms with Crippen LogP contribution in [0.5, 0.6) is 0 Å². The molecule has 0 saturated carbocycles. The van der Waals surface area contributed by atoms with E-state index in [9.17, 15) is 9.59 Å². The van der Waals surface area contributed by atoms with Crippen molar-refractivity contribution in [3.8, 4) is 0 Å². The Kier molecular flexibility index (Phi) is 7.75. The van der Waals surface area contributed by atoms with Crippen molar-refractivity contribution >= 4 is 17.7 Å². The first kappa shape index (κ1) is 23.6. The van der Waals surface area contributed by atoms with Crippen LogP contribution in [0.25, 0.3) is 0 Å². The summed E-state index contributed by atoms with van der Waals surface area (Å²) in [6.45, 7) is 9.10. The molecule has 1 aliphatic rings. The van der Waals surface area contributed by atoms with E-state index in [1.165, 1.54) is 12.7 Å². The first-order valence-electron chi connectivity index (χ1n) is 10.9. The number of amides is 1. The number of benzene rings is 2. The molecule has 2 aromatic rings. The Hall–Kier alpha value is -3.06. The number of ether oxygens (including phenoxy) is 2. The molecule has 1 saturated heterocycles. The van der Waals surface area contributed by atoms with Crippen LogP contribution in [0.1, 0.15) is 36.7 Å². The third-order valence-corrected chi connectivity index (χ3v) is 5.33. The Morgan fingerprint density at radius 1 is 1.03 bits per heavy atom. The SMILES string of the molecule is COC(=O)c1ccc(NCC2CN(C(=O)OC(C)(C)C)CCN2Cc2ccccc2)cc1. The summed E-state index contributed by atoms with van der Waals surface area (Å²) in [5.41, 5.74) is 2.14. The third kappa shape index (κ3) is 6.72. The lowest BCUT2D eigenvalue weighted by atomic mass is 10.1. The number of anilines is 1. The highest BCUT2D eigenvalue weighted by Crippen LogP contribution is 2.19. The Labute approximate surface area is 190 Å². The second-order valence-electron chi connectivity index (χ2n) is 8.99. The number of piperazine rings is 1. The lowest BCUT2D eigenvalue weighted by Crippen LogP contribution is -2.57. The van der Waals surface area contributed by atoms with Crippen LogP contribution in [0, 0.1) is 0 Å². The molecule has 0 spiro atoms. The zero-order valence-corrected chi connectivity index (χ0v) is 19.3. The fourth-order valence-corrected chi connectivity index (χ4v) is 3.68. The molecular weight excluding hydrogens is 406 g/mol. The van der Waals surface area contributed by atoms with E-state index < -0.39 is 5.60 Å². The van der Waals surface area contributed by atoms with Crippen molar-refractivity contribution in [2.24, 2.45) is 0 Å². The number of carbonyl (C=O) groups is 2. The molecule has 0 aromatic heterocycles. The standard InChI is InChI=1S/C25H33N3O4/c1-25(2,3)32-24(30)28-15-14-27(17-19-8-6-5-7-9-19)22(18-28)16-26-21-12-10-20(11-13-21)23(29)31-4/h5-13,22,26H,14-18H2,1-4H3. The number of nitrogens with one attached hydrogen (secondary N) is 1. The van der Waals surface area contributed by atoms with Crippen LogP contribution < -0.4 is 5.32 Å². The van der Waals surface area contributed by atoms with Gasteiger partial charge in [0.25, 0.3) is 0 Å². The second kappa shape index (κ2) is 10.5. The van der Waals surface area contributed by atoms with Crippen molar-refractivity contribution in [2.45, 2.75) is 39.0 Å². The highest BCUT2D eigenvalue weighted by atomic mass is 16.6. The Balaban J connectivity index is 1.68. The molecule has 2 aromatic carbocycles. The molecule has 0 radical (unpaired) electrons. The smallest absolute Gasteiger partial charge is 0.410 e. The first-order chi connectivity index (χ1) is 15.2. The number of methoxy groups -OCH3 is 1. The number of rotatable bonds is 6. The first-order valence-corrected chi connectivity index (χ1v) is 10.9. The Bertz CT molecular complexity index is 894. The second-order valence-corrected chi connectivity index (χ2v) is 8.99. The molecule has 1 fully saturated rings. The number of hydrogen-bond acceptors (Lipinski definition) is 6. The van der Waals surface area contributed by atoms with Crippen LogP contribution in [0.2, 0.25) is 0 Å². The fourth-order valence-electron chi connectivity index (χ4n) is 3.68. The van der Waals surface area contributed by atoms with Gasteiger partial charge < -0.3 is 19.7 Å². The van der Waals surface area contributed by atoms with E-state index >= 15 is 0 Å². The normalized spacial score (nSPS) is 17.0. The molecule has 1 heterocycles. The van der Waals surface area contributed by atoms with E-state index in [1.807, 2.05) is 51.1 Å². The summed E-state index contributed by atoms with van der Waals surface area (Å²) >= 11 is 0. The summed E-state index contributed by atoms with van der Waals surface area (Å²) in [6.07, 6.45) is -0.274. The molecule has 7 nitrogen and oxygen atoms in total. The summed E-state index contributed by atoms with van der Waals surface area (Å²) in [5.74, 6) is -0.356. The summed E-state index contributed by atoms with van der Waals surface area (Å²) in [4.78, 5) is 28.5. The minimum Gasteiger partial charge on any atom is -0.465 e. The van der Waals surface area contributed by atoms with Crippen LogP contribution in [-0.2, 0) is 16.0 Å².